The van der Waals surface area contributed by atoms with Crippen LogP contribution in [0.3, 0.4) is 0 Å². The minimum absolute atomic E-state index is 0.112. The molecular weight excluding hydrogens is 224 g/mol. The number of allylic oxidation sites excluding steroid dienone is 5. The Labute approximate surface area is 110 Å². The molecule has 2 N–H and O–H groups in total. The third-order valence-electron chi connectivity index (χ3n) is 3.01. The van der Waals surface area contributed by atoms with E-state index >= 15 is 0 Å². The largest absolute Gasteiger partial charge is 0.335 e. The number of rotatable bonds is 5. The zero-order chi connectivity index (χ0) is 13.4. The summed E-state index contributed by atoms with van der Waals surface area (Å²) in [5.41, 5.74) is 2.14. The van der Waals surface area contributed by atoms with Crippen LogP contribution in [0.5, 0.6) is 0 Å². The van der Waals surface area contributed by atoms with Gasteiger partial charge < -0.3 is 10.6 Å². The molecule has 0 saturated heterocycles. The van der Waals surface area contributed by atoms with Gasteiger partial charge in [0.2, 0.25) is 0 Å². The van der Waals surface area contributed by atoms with Crippen molar-refractivity contribution in [1.82, 2.24) is 10.6 Å². The molecule has 1 aliphatic carbocycles. The molecule has 0 fully saturated rings. The standard InChI is InChI=1S/C15H24N2O/c1-4-7-13(5-2)16-15(18)17-14-9-6-8-12(3)10-11-14/h6,9-11,13H,4-5,7-8H2,1-3H3,(H2,16,17,18). The van der Waals surface area contributed by atoms with Crippen LogP contribution >= 0.6 is 0 Å². The van der Waals surface area contributed by atoms with Crippen molar-refractivity contribution in [3.05, 3.63) is 35.6 Å². The lowest BCUT2D eigenvalue weighted by molar-refractivity contribution is 0.238. The molecule has 2 amide bonds. The Bertz CT molecular complexity index is 367. The molecule has 18 heavy (non-hydrogen) atoms. The van der Waals surface area contributed by atoms with E-state index in [-0.39, 0.29) is 12.1 Å². The van der Waals surface area contributed by atoms with E-state index in [9.17, 15) is 4.79 Å². The van der Waals surface area contributed by atoms with Crippen molar-refractivity contribution in [2.24, 2.45) is 0 Å². The lowest BCUT2D eigenvalue weighted by atomic mass is 10.1. The van der Waals surface area contributed by atoms with Crippen LogP contribution in [0.2, 0.25) is 0 Å². The highest BCUT2D eigenvalue weighted by molar-refractivity contribution is 5.76. The molecule has 0 spiro atoms. The Hall–Kier alpha value is -1.51. The summed E-state index contributed by atoms with van der Waals surface area (Å²) >= 11 is 0. The fraction of sp³-hybridized carbons (Fsp3) is 0.533. The number of carbonyl (C=O) groups is 1. The van der Waals surface area contributed by atoms with E-state index in [2.05, 4.69) is 37.5 Å². The maximum atomic E-state index is 11.8. The summed E-state index contributed by atoms with van der Waals surface area (Å²) in [6.07, 6.45) is 12.0. The highest BCUT2D eigenvalue weighted by Gasteiger charge is 2.09. The molecule has 0 saturated carbocycles. The molecule has 0 bridgehead atoms. The molecule has 3 nitrogen and oxygen atoms in total. The summed E-state index contributed by atoms with van der Waals surface area (Å²) < 4.78 is 0. The second kappa shape index (κ2) is 7.75. The van der Waals surface area contributed by atoms with Crippen molar-refractivity contribution in [3.63, 3.8) is 0 Å². The highest BCUT2D eigenvalue weighted by atomic mass is 16.2. The van der Waals surface area contributed by atoms with Gasteiger partial charge in [0.05, 0.1) is 0 Å². The second-order valence-electron chi connectivity index (χ2n) is 4.73. The Morgan fingerprint density at radius 1 is 1.39 bits per heavy atom. The zero-order valence-electron chi connectivity index (χ0n) is 11.6. The molecule has 0 aromatic carbocycles. The van der Waals surface area contributed by atoms with Gasteiger partial charge in [-0.15, -0.1) is 0 Å². The van der Waals surface area contributed by atoms with Crippen molar-refractivity contribution in [2.75, 3.05) is 0 Å². The average Bonchev–Trinajstić information content (AvgIpc) is 2.54. The summed E-state index contributed by atoms with van der Waals surface area (Å²) in [6.45, 7) is 6.31. The van der Waals surface area contributed by atoms with Gasteiger partial charge in [-0.05, 0) is 38.3 Å². The minimum atomic E-state index is -0.112. The maximum absolute atomic E-state index is 11.8. The van der Waals surface area contributed by atoms with Crippen LogP contribution in [0, 0.1) is 0 Å². The van der Waals surface area contributed by atoms with Crippen LogP contribution in [0.15, 0.2) is 35.6 Å². The van der Waals surface area contributed by atoms with Crippen molar-refractivity contribution in [2.45, 2.75) is 52.5 Å². The first-order valence-corrected chi connectivity index (χ1v) is 6.77. The van der Waals surface area contributed by atoms with Gasteiger partial charge in [-0.2, -0.15) is 0 Å². The number of hydrogen-bond donors (Lipinski definition) is 2. The van der Waals surface area contributed by atoms with Gasteiger partial charge in [0.25, 0.3) is 0 Å². The van der Waals surface area contributed by atoms with E-state index < -0.39 is 0 Å². The van der Waals surface area contributed by atoms with Gasteiger partial charge in [0.15, 0.2) is 0 Å². The third kappa shape index (κ3) is 5.21. The first-order chi connectivity index (χ1) is 8.65. The quantitative estimate of drug-likeness (QED) is 0.766. The molecular formula is C15H24N2O. The molecule has 0 aromatic rings. The minimum Gasteiger partial charge on any atom is -0.335 e. The topological polar surface area (TPSA) is 41.1 Å². The van der Waals surface area contributed by atoms with Crippen LogP contribution in [0.4, 0.5) is 4.79 Å². The SMILES string of the molecule is CCCC(CC)NC(=O)NC1=CC=C(C)CC=C1. The van der Waals surface area contributed by atoms with Crippen molar-refractivity contribution in [1.29, 1.82) is 0 Å². The van der Waals surface area contributed by atoms with Crippen molar-refractivity contribution >= 4 is 6.03 Å². The predicted octanol–water partition coefficient (Wildman–Crippen LogP) is 3.65. The smallest absolute Gasteiger partial charge is 0.319 e. The average molecular weight is 248 g/mol. The summed E-state index contributed by atoms with van der Waals surface area (Å²) in [4.78, 5) is 11.8. The van der Waals surface area contributed by atoms with E-state index in [4.69, 9.17) is 0 Å². The van der Waals surface area contributed by atoms with Crippen LogP contribution in [-0.4, -0.2) is 12.1 Å². The molecule has 0 radical (unpaired) electrons. The van der Waals surface area contributed by atoms with Gasteiger partial charge in [0, 0.05) is 11.7 Å². The van der Waals surface area contributed by atoms with Gasteiger partial charge >= 0.3 is 6.03 Å². The Morgan fingerprint density at radius 2 is 2.17 bits per heavy atom. The number of nitrogens with one attached hydrogen (secondary N) is 2. The van der Waals surface area contributed by atoms with E-state index in [1.165, 1.54) is 5.57 Å². The Morgan fingerprint density at radius 3 is 2.83 bits per heavy atom. The molecule has 100 valence electrons. The lowest BCUT2D eigenvalue weighted by Gasteiger charge is -2.16. The van der Waals surface area contributed by atoms with E-state index in [1.807, 2.05) is 18.2 Å². The fourth-order valence-electron chi connectivity index (χ4n) is 1.89. The Kier molecular flexibility index (Phi) is 6.26. The van der Waals surface area contributed by atoms with E-state index in [0.29, 0.717) is 0 Å². The zero-order valence-corrected chi connectivity index (χ0v) is 11.6. The van der Waals surface area contributed by atoms with Gasteiger partial charge in [-0.25, -0.2) is 4.79 Å². The molecule has 1 rings (SSSR count). The lowest BCUT2D eigenvalue weighted by Crippen LogP contribution is -2.41. The number of urea groups is 1. The number of hydrogen-bond acceptors (Lipinski definition) is 1. The van der Waals surface area contributed by atoms with E-state index in [0.717, 1.165) is 31.4 Å². The van der Waals surface area contributed by atoms with Crippen molar-refractivity contribution in [3.8, 4) is 0 Å². The van der Waals surface area contributed by atoms with Gasteiger partial charge in [-0.1, -0.05) is 38.0 Å². The Balaban J connectivity index is 2.49. The predicted molar refractivity (Wildman–Crippen MR) is 76.3 cm³/mol. The highest BCUT2D eigenvalue weighted by Crippen LogP contribution is 2.08. The van der Waals surface area contributed by atoms with Crippen LogP contribution in [0.25, 0.3) is 0 Å². The molecule has 1 atom stereocenters. The molecule has 1 unspecified atom stereocenters. The summed E-state index contributed by atoms with van der Waals surface area (Å²) in [6, 6.07) is 0.154. The van der Waals surface area contributed by atoms with E-state index in [1.54, 1.807) is 0 Å². The summed E-state index contributed by atoms with van der Waals surface area (Å²) in [5, 5.41) is 5.88. The van der Waals surface area contributed by atoms with Crippen LogP contribution in [-0.2, 0) is 0 Å². The first kappa shape index (κ1) is 14.6. The molecule has 0 heterocycles. The molecule has 3 heteroatoms. The monoisotopic (exact) mass is 248 g/mol. The summed E-state index contributed by atoms with van der Waals surface area (Å²) in [5.74, 6) is 0. The molecule has 0 aliphatic heterocycles. The second-order valence-corrected chi connectivity index (χ2v) is 4.73. The molecule has 1 aliphatic rings. The first-order valence-electron chi connectivity index (χ1n) is 6.77. The number of carbonyl (C=O) groups excluding carboxylic acids is 1. The van der Waals surface area contributed by atoms with Crippen LogP contribution < -0.4 is 10.6 Å². The van der Waals surface area contributed by atoms with Gasteiger partial charge in [0.1, 0.15) is 0 Å². The summed E-state index contributed by atoms with van der Waals surface area (Å²) in [7, 11) is 0. The van der Waals surface area contributed by atoms with Crippen molar-refractivity contribution < 1.29 is 4.79 Å². The molecule has 0 aromatic heterocycles. The maximum Gasteiger partial charge on any atom is 0.319 e. The third-order valence-corrected chi connectivity index (χ3v) is 3.01. The normalized spacial score (nSPS) is 16.4. The van der Waals surface area contributed by atoms with Gasteiger partial charge in [-0.3, -0.25) is 0 Å². The van der Waals surface area contributed by atoms with Crippen LogP contribution in [0.1, 0.15) is 46.5 Å². The number of amides is 2. The fourth-order valence-corrected chi connectivity index (χ4v) is 1.89.